The normalized spacial score (nSPS) is 11.8. The van der Waals surface area contributed by atoms with Crippen molar-refractivity contribution in [3.05, 3.63) is 52.0 Å². The highest BCUT2D eigenvalue weighted by Crippen LogP contribution is 2.17. The fourth-order valence-corrected chi connectivity index (χ4v) is 2.98. The lowest BCUT2D eigenvalue weighted by atomic mass is 10.0. The third-order valence-corrected chi connectivity index (χ3v) is 4.29. The second-order valence-corrected chi connectivity index (χ2v) is 6.58. The lowest BCUT2D eigenvalue weighted by Gasteiger charge is -2.18. The van der Waals surface area contributed by atoms with Gasteiger partial charge in [0.1, 0.15) is 0 Å². The molecule has 0 fully saturated rings. The molecule has 2 aromatic rings. The van der Waals surface area contributed by atoms with Crippen LogP contribution in [0.1, 0.15) is 42.1 Å². The Morgan fingerprint density at radius 2 is 2.04 bits per heavy atom. The number of esters is 1. The third kappa shape index (κ3) is 5.77. The largest absolute Gasteiger partial charge is 0.455 e. The molecule has 0 saturated carbocycles. The Hall–Kier alpha value is -2.21. The van der Waals surface area contributed by atoms with Gasteiger partial charge in [-0.1, -0.05) is 43.7 Å². The molecule has 1 amide bonds. The summed E-state index contributed by atoms with van der Waals surface area (Å²) in [6, 6.07) is 9.73. The summed E-state index contributed by atoms with van der Waals surface area (Å²) in [5.74, 6) is -0.734. The van der Waals surface area contributed by atoms with Gasteiger partial charge in [0.05, 0.1) is 23.2 Å². The maximum atomic E-state index is 12.1. The summed E-state index contributed by atoms with van der Waals surface area (Å²) in [4.78, 5) is 28.0. The van der Waals surface area contributed by atoms with Gasteiger partial charge >= 0.3 is 5.97 Å². The van der Waals surface area contributed by atoms with E-state index in [4.69, 9.17) is 4.74 Å². The van der Waals surface area contributed by atoms with Crippen molar-refractivity contribution in [3.8, 4) is 0 Å². The molecule has 1 N–H and O–H groups in total. The molecule has 128 valence electrons. The van der Waals surface area contributed by atoms with E-state index < -0.39 is 5.97 Å². The molecule has 0 saturated heterocycles. The van der Waals surface area contributed by atoms with E-state index in [1.165, 1.54) is 11.3 Å². The van der Waals surface area contributed by atoms with E-state index in [1.54, 1.807) is 0 Å². The summed E-state index contributed by atoms with van der Waals surface area (Å²) in [5.41, 5.74) is 1.73. The predicted octanol–water partition coefficient (Wildman–Crippen LogP) is 3.19. The first kappa shape index (κ1) is 18.1. The van der Waals surface area contributed by atoms with E-state index in [-0.39, 0.29) is 25.0 Å². The molecule has 1 aromatic heterocycles. The maximum absolute atomic E-state index is 12.1. The fraction of sp³-hybridized carbons (Fsp3) is 0.389. The van der Waals surface area contributed by atoms with Crippen LogP contribution in [0, 0.1) is 6.92 Å². The SMILES string of the molecule is CCC[C@@H](NC(=O)COC(=O)Cc1csc(C)n1)c1ccccc1. The minimum atomic E-state index is -0.442. The molecule has 0 spiro atoms. The number of carbonyl (C=O) groups excluding carboxylic acids is 2. The van der Waals surface area contributed by atoms with Crippen LogP contribution in [-0.4, -0.2) is 23.5 Å². The van der Waals surface area contributed by atoms with Crippen molar-refractivity contribution < 1.29 is 14.3 Å². The maximum Gasteiger partial charge on any atom is 0.312 e. The highest BCUT2D eigenvalue weighted by Gasteiger charge is 2.15. The summed E-state index contributed by atoms with van der Waals surface area (Å²) in [7, 11) is 0. The van der Waals surface area contributed by atoms with Gasteiger partial charge in [-0.3, -0.25) is 9.59 Å². The van der Waals surface area contributed by atoms with E-state index in [9.17, 15) is 9.59 Å². The van der Waals surface area contributed by atoms with Gasteiger partial charge in [-0.2, -0.15) is 0 Å². The summed E-state index contributed by atoms with van der Waals surface area (Å²) in [6.45, 7) is 3.68. The second kappa shape index (κ2) is 9.17. The van der Waals surface area contributed by atoms with E-state index in [0.29, 0.717) is 5.69 Å². The lowest BCUT2D eigenvalue weighted by Crippen LogP contribution is -2.32. The van der Waals surface area contributed by atoms with Crippen LogP contribution >= 0.6 is 11.3 Å². The number of hydrogen-bond donors (Lipinski definition) is 1. The number of carbonyl (C=O) groups is 2. The number of thiazole rings is 1. The van der Waals surface area contributed by atoms with Crippen LogP contribution in [-0.2, 0) is 20.7 Å². The Morgan fingerprint density at radius 1 is 1.29 bits per heavy atom. The quantitative estimate of drug-likeness (QED) is 0.745. The van der Waals surface area contributed by atoms with Crippen molar-refractivity contribution in [2.75, 3.05) is 6.61 Å². The number of aryl methyl sites for hydroxylation is 1. The van der Waals surface area contributed by atoms with Crippen LogP contribution in [0.3, 0.4) is 0 Å². The predicted molar refractivity (Wildman–Crippen MR) is 93.7 cm³/mol. The summed E-state index contributed by atoms with van der Waals surface area (Å²) < 4.78 is 5.05. The number of hydrogen-bond acceptors (Lipinski definition) is 5. The zero-order valence-corrected chi connectivity index (χ0v) is 14.8. The average molecular weight is 346 g/mol. The number of nitrogens with zero attached hydrogens (tertiary/aromatic N) is 1. The highest BCUT2D eigenvalue weighted by atomic mass is 32.1. The molecule has 5 nitrogen and oxygen atoms in total. The first-order chi connectivity index (χ1) is 11.6. The van der Waals surface area contributed by atoms with E-state index in [0.717, 1.165) is 23.4 Å². The monoisotopic (exact) mass is 346 g/mol. The molecular weight excluding hydrogens is 324 g/mol. The molecule has 0 aliphatic rings. The first-order valence-corrected chi connectivity index (χ1v) is 8.87. The van der Waals surface area contributed by atoms with Crippen LogP contribution in [0.4, 0.5) is 0 Å². The topological polar surface area (TPSA) is 68.3 Å². The van der Waals surface area contributed by atoms with Gasteiger partial charge < -0.3 is 10.1 Å². The standard InChI is InChI=1S/C18H22N2O3S/c1-3-7-16(14-8-5-4-6-9-14)20-17(21)11-23-18(22)10-15-12-24-13(2)19-15/h4-6,8-9,12,16H,3,7,10-11H2,1-2H3,(H,20,21)/t16-/m1/s1. The van der Waals surface area contributed by atoms with Gasteiger partial charge in [0.15, 0.2) is 6.61 Å². The van der Waals surface area contributed by atoms with Crippen LogP contribution in [0.2, 0.25) is 0 Å². The minimum Gasteiger partial charge on any atom is -0.455 e. The second-order valence-electron chi connectivity index (χ2n) is 5.51. The molecule has 0 unspecified atom stereocenters. The van der Waals surface area contributed by atoms with Crippen molar-refractivity contribution in [1.82, 2.24) is 10.3 Å². The van der Waals surface area contributed by atoms with E-state index in [1.807, 2.05) is 42.6 Å². The molecule has 1 aromatic carbocycles. The fourth-order valence-electron chi connectivity index (χ4n) is 2.37. The first-order valence-electron chi connectivity index (χ1n) is 7.99. The van der Waals surface area contributed by atoms with Gasteiger partial charge in [0, 0.05) is 5.38 Å². The summed E-state index contributed by atoms with van der Waals surface area (Å²) in [5, 5.41) is 5.65. The van der Waals surface area contributed by atoms with Gasteiger partial charge in [0.2, 0.25) is 0 Å². The van der Waals surface area contributed by atoms with Crippen molar-refractivity contribution in [2.24, 2.45) is 0 Å². The molecule has 0 aliphatic heterocycles. The minimum absolute atomic E-state index is 0.0661. The molecule has 0 radical (unpaired) electrons. The molecule has 0 bridgehead atoms. The van der Waals surface area contributed by atoms with Crippen LogP contribution < -0.4 is 5.32 Å². The molecule has 1 heterocycles. The van der Waals surface area contributed by atoms with Crippen molar-refractivity contribution in [3.63, 3.8) is 0 Å². The lowest BCUT2D eigenvalue weighted by molar-refractivity contribution is -0.148. The molecule has 0 aliphatic carbocycles. The van der Waals surface area contributed by atoms with Crippen LogP contribution in [0.5, 0.6) is 0 Å². The Bertz CT molecular complexity index is 670. The molecule has 24 heavy (non-hydrogen) atoms. The average Bonchev–Trinajstić information content (AvgIpc) is 2.98. The smallest absolute Gasteiger partial charge is 0.312 e. The van der Waals surface area contributed by atoms with Gasteiger partial charge in [-0.25, -0.2) is 4.98 Å². The number of rotatable bonds is 8. The highest BCUT2D eigenvalue weighted by molar-refractivity contribution is 7.09. The number of aromatic nitrogens is 1. The van der Waals surface area contributed by atoms with Crippen molar-refractivity contribution in [1.29, 1.82) is 0 Å². The van der Waals surface area contributed by atoms with E-state index >= 15 is 0 Å². The third-order valence-electron chi connectivity index (χ3n) is 3.47. The van der Waals surface area contributed by atoms with Gasteiger partial charge in [-0.05, 0) is 18.9 Å². The van der Waals surface area contributed by atoms with Gasteiger partial charge in [-0.15, -0.1) is 11.3 Å². The number of nitrogens with one attached hydrogen (secondary N) is 1. The number of benzene rings is 1. The van der Waals surface area contributed by atoms with Crippen molar-refractivity contribution >= 4 is 23.2 Å². The zero-order chi connectivity index (χ0) is 17.4. The van der Waals surface area contributed by atoms with Crippen LogP contribution in [0.25, 0.3) is 0 Å². The Labute approximate surface area is 146 Å². The summed E-state index contributed by atoms with van der Waals surface area (Å²) in [6.07, 6.45) is 1.87. The van der Waals surface area contributed by atoms with E-state index in [2.05, 4.69) is 17.2 Å². The molecule has 6 heteroatoms. The summed E-state index contributed by atoms with van der Waals surface area (Å²) >= 11 is 1.48. The number of ether oxygens (including phenoxy) is 1. The Morgan fingerprint density at radius 3 is 2.67 bits per heavy atom. The Balaban J connectivity index is 1.81. The van der Waals surface area contributed by atoms with Gasteiger partial charge in [0.25, 0.3) is 5.91 Å². The zero-order valence-electron chi connectivity index (χ0n) is 14.0. The molecular formula is C18H22N2O3S. The van der Waals surface area contributed by atoms with Crippen LogP contribution in [0.15, 0.2) is 35.7 Å². The molecule has 2 rings (SSSR count). The van der Waals surface area contributed by atoms with Crippen molar-refractivity contribution in [2.45, 2.75) is 39.2 Å². The Kier molecular flexibility index (Phi) is 6.93. The molecule has 1 atom stereocenters. The number of amides is 1.